The van der Waals surface area contributed by atoms with Crippen LogP contribution in [-0.2, 0) is 32.7 Å². The third-order valence-electron chi connectivity index (χ3n) is 8.19. The van der Waals surface area contributed by atoms with Crippen LogP contribution in [0.2, 0.25) is 0 Å². The summed E-state index contributed by atoms with van der Waals surface area (Å²) in [5.74, 6) is -0.939. The maximum Gasteiger partial charge on any atom is 0.472 e. The Kier molecular flexibility index (Phi) is 35.2. The normalized spacial score (nSPS) is 15.1. The molecule has 324 valence electrons. The first-order valence-electron chi connectivity index (χ1n) is 21.1. The molecule has 0 aliphatic heterocycles. The topological polar surface area (TPSA) is 129 Å². The van der Waals surface area contributed by atoms with E-state index in [1.165, 1.54) is 0 Å². The van der Waals surface area contributed by atoms with Gasteiger partial charge in [-0.3, -0.25) is 18.6 Å². The van der Waals surface area contributed by atoms with Crippen LogP contribution in [0.15, 0.2) is 97.2 Å². The molecule has 0 aliphatic rings. The number of carbonyl (C=O) groups excluding carboxylic acids is 2. The van der Waals surface area contributed by atoms with E-state index in [0.717, 1.165) is 64.2 Å². The van der Waals surface area contributed by atoms with Gasteiger partial charge in [-0.15, -0.1) is 0 Å². The number of nitrogens with zero attached hydrogens (tertiary/aromatic N) is 1. The first kappa shape index (κ1) is 53.9. The van der Waals surface area contributed by atoms with E-state index in [1.807, 2.05) is 63.7 Å². The van der Waals surface area contributed by atoms with Gasteiger partial charge in [0, 0.05) is 12.8 Å². The van der Waals surface area contributed by atoms with Crippen molar-refractivity contribution in [3.8, 4) is 0 Å². The lowest BCUT2D eigenvalue weighted by molar-refractivity contribution is -0.870. The van der Waals surface area contributed by atoms with E-state index in [2.05, 4.69) is 62.5 Å². The lowest BCUT2D eigenvalue weighted by atomic mass is 10.1. The quantitative estimate of drug-likeness (QED) is 0.0159. The number of hydrogen-bond acceptors (Lipinski definition) is 8. The number of likely N-dealkylation sites (N-methyl/N-ethyl adjacent to an activating group) is 1. The second-order valence-electron chi connectivity index (χ2n) is 14.8. The van der Waals surface area contributed by atoms with E-state index < -0.39 is 38.6 Å². The fraction of sp³-hybridized carbons (Fsp3) is 0.609. The van der Waals surface area contributed by atoms with Crippen molar-refractivity contribution in [1.29, 1.82) is 0 Å². The lowest BCUT2D eigenvalue weighted by Gasteiger charge is -2.24. The molecule has 0 spiro atoms. The Bertz CT molecular complexity index is 1310. The minimum Gasteiger partial charge on any atom is -0.462 e. The van der Waals surface area contributed by atoms with Crippen LogP contribution in [0.5, 0.6) is 0 Å². The average Bonchev–Trinajstić information content (AvgIpc) is 3.15. The number of hydrogen-bond donors (Lipinski definition) is 2. The molecule has 0 rings (SSSR count). The molecular weight excluding hydrogens is 741 g/mol. The maximum absolute atomic E-state index is 12.7. The zero-order valence-corrected chi connectivity index (χ0v) is 36.8. The average molecular weight is 819 g/mol. The van der Waals surface area contributed by atoms with Crippen LogP contribution in [0.1, 0.15) is 123 Å². The number of rotatable bonds is 36. The maximum atomic E-state index is 12.7. The number of allylic oxidation sites excluding steroid dienone is 14. The molecule has 0 aromatic heterocycles. The third-order valence-corrected chi connectivity index (χ3v) is 9.17. The summed E-state index contributed by atoms with van der Waals surface area (Å²) >= 11 is 0. The molecule has 0 aromatic carbocycles. The van der Waals surface area contributed by atoms with Crippen molar-refractivity contribution in [1.82, 2.24) is 0 Å². The molecule has 11 heteroatoms. The molecule has 2 unspecified atom stereocenters. The zero-order valence-electron chi connectivity index (χ0n) is 35.9. The zero-order chi connectivity index (χ0) is 42.3. The molecule has 0 fully saturated rings. The van der Waals surface area contributed by atoms with Crippen LogP contribution in [-0.4, -0.2) is 86.1 Å². The Morgan fingerprint density at radius 3 is 1.82 bits per heavy atom. The van der Waals surface area contributed by atoms with Crippen LogP contribution in [0.25, 0.3) is 0 Å². The lowest BCUT2D eigenvalue weighted by Crippen LogP contribution is -2.37. The van der Waals surface area contributed by atoms with Crippen LogP contribution < -0.4 is 0 Å². The number of phosphoric acid groups is 1. The van der Waals surface area contributed by atoms with E-state index in [1.54, 1.807) is 6.08 Å². The van der Waals surface area contributed by atoms with E-state index in [0.29, 0.717) is 43.1 Å². The molecule has 57 heavy (non-hydrogen) atoms. The largest absolute Gasteiger partial charge is 0.472 e. The summed E-state index contributed by atoms with van der Waals surface area (Å²) in [5, 5.41) is 10.0. The molecular formula is C46H77NO9P+. The van der Waals surface area contributed by atoms with E-state index in [9.17, 15) is 24.2 Å². The molecule has 10 nitrogen and oxygen atoms in total. The number of carbonyl (C=O) groups is 2. The first-order chi connectivity index (χ1) is 27.4. The molecule has 0 saturated heterocycles. The summed E-state index contributed by atoms with van der Waals surface area (Å²) in [4.78, 5) is 35.3. The van der Waals surface area contributed by atoms with Gasteiger partial charge < -0.3 is 24.0 Å². The van der Waals surface area contributed by atoms with Crippen molar-refractivity contribution >= 4 is 19.8 Å². The van der Waals surface area contributed by atoms with E-state index in [4.69, 9.17) is 18.5 Å². The Labute approximate surface area is 346 Å². The van der Waals surface area contributed by atoms with E-state index >= 15 is 0 Å². The molecule has 3 atom stereocenters. The second kappa shape index (κ2) is 37.2. The Morgan fingerprint density at radius 1 is 0.632 bits per heavy atom. The number of ether oxygens (including phenoxy) is 2. The highest BCUT2D eigenvalue weighted by Crippen LogP contribution is 2.43. The summed E-state index contributed by atoms with van der Waals surface area (Å²) in [5.41, 5.74) is 0. The highest BCUT2D eigenvalue weighted by Gasteiger charge is 2.27. The summed E-state index contributed by atoms with van der Waals surface area (Å²) in [6.45, 7) is 3.98. The molecule has 0 aromatic rings. The molecule has 0 radical (unpaired) electrons. The monoisotopic (exact) mass is 819 g/mol. The molecule has 2 N–H and O–H groups in total. The standard InChI is InChI=1S/C46H76NO9P/c1-6-8-10-12-14-15-16-17-18-19-20-21-25-29-33-37-45(49)53-41-44(42-55-57(51,52)54-40-39-47(3,4)5)56-46(50)38-34-30-26-23-22-24-28-32-36-43(48)35-31-27-13-11-9-7-2/h8-11,14-15,17-18,23-24,26-28,31-32,36,43-44,48H,6-7,12-13,16,19-22,25,29-30,33-35,37-42H2,1-5H3/p+1/b10-8-,11-9-,15-14-,18-17-,26-23-,28-24-,31-27-,36-32+/t43?,44-/m1/s1. The van der Waals surface area contributed by atoms with Crippen LogP contribution in [0.4, 0.5) is 0 Å². The first-order valence-corrected chi connectivity index (χ1v) is 22.6. The van der Waals surface area contributed by atoms with Gasteiger partial charge in [0.25, 0.3) is 0 Å². The number of quaternary nitrogens is 1. The Balaban J connectivity index is 4.60. The highest BCUT2D eigenvalue weighted by atomic mass is 31.2. The Morgan fingerprint density at radius 2 is 1.18 bits per heavy atom. The minimum absolute atomic E-state index is 0.00101. The predicted octanol–water partition coefficient (Wildman–Crippen LogP) is 10.8. The van der Waals surface area contributed by atoms with Gasteiger partial charge in [0.05, 0.1) is 33.9 Å². The van der Waals surface area contributed by atoms with Crippen molar-refractivity contribution in [3.05, 3.63) is 97.2 Å². The van der Waals surface area contributed by atoms with Crippen LogP contribution in [0, 0.1) is 0 Å². The van der Waals surface area contributed by atoms with Gasteiger partial charge in [-0.2, -0.15) is 0 Å². The number of unbranched alkanes of at least 4 members (excludes halogenated alkanes) is 6. The minimum atomic E-state index is -4.42. The van der Waals surface area contributed by atoms with E-state index in [-0.39, 0.29) is 26.1 Å². The van der Waals surface area contributed by atoms with Gasteiger partial charge in [0.2, 0.25) is 0 Å². The van der Waals surface area contributed by atoms with Gasteiger partial charge in [0.15, 0.2) is 6.10 Å². The van der Waals surface area contributed by atoms with Crippen molar-refractivity contribution in [2.75, 3.05) is 47.5 Å². The van der Waals surface area contributed by atoms with Gasteiger partial charge in [-0.1, -0.05) is 130 Å². The van der Waals surface area contributed by atoms with Crippen LogP contribution >= 0.6 is 7.82 Å². The van der Waals surface area contributed by atoms with Gasteiger partial charge >= 0.3 is 19.8 Å². The number of phosphoric ester groups is 1. The predicted molar refractivity (Wildman–Crippen MR) is 234 cm³/mol. The summed E-state index contributed by atoms with van der Waals surface area (Å²) < 4.78 is 34.1. The summed E-state index contributed by atoms with van der Waals surface area (Å²) in [6.07, 6.45) is 44.9. The molecule has 0 amide bonds. The second-order valence-corrected chi connectivity index (χ2v) is 16.3. The molecule has 0 saturated carbocycles. The van der Waals surface area contributed by atoms with Gasteiger partial charge in [-0.25, -0.2) is 4.57 Å². The molecule has 0 aliphatic carbocycles. The highest BCUT2D eigenvalue weighted by molar-refractivity contribution is 7.47. The van der Waals surface area contributed by atoms with Crippen LogP contribution in [0.3, 0.4) is 0 Å². The number of aliphatic hydroxyl groups excluding tert-OH is 1. The van der Waals surface area contributed by atoms with Crippen molar-refractivity contribution in [2.45, 2.75) is 135 Å². The van der Waals surface area contributed by atoms with Gasteiger partial charge in [-0.05, 0) is 77.0 Å². The Hall–Kier alpha value is -3.11. The molecule has 0 bridgehead atoms. The number of esters is 2. The fourth-order valence-electron chi connectivity index (χ4n) is 4.91. The SMILES string of the molecule is CC/C=C\C/C=C\C/C=C\CCCCCCCC(=O)OC[C@H](COP(=O)(O)OCC[N+](C)(C)C)OC(=O)CCC/C=C\C/C=C\C=C\C(O)C/C=C\C/C=C\CC. The number of aliphatic hydroxyl groups is 1. The fourth-order valence-corrected chi connectivity index (χ4v) is 5.65. The molecule has 0 heterocycles. The smallest absolute Gasteiger partial charge is 0.462 e. The van der Waals surface area contributed by atoms with Crippen molar-refractivity contribution < 1.29 is 47.2 Å². The summed E-state index contributed by atoms with van der Waals surface area (Å²) in [7, 11) is 1.37. The van der Waals surface area contributed by atoms with Gasteiger partial charge in [0.1, 0.15) is 19.8 Å². The summed E-state index contributed by atoms with van der Waals surface area (Å²) in [6, 6.07) is 0. The third kappa shape index (κ3) is 40.9. The van der Waals surface area contributed by atoms with Crippen molar-refractivity contribution in [3.63, 3.8) is 0 Å². The van der Waals surface area contributed by atoms with Crippen molar-refractivity contribution in [2.24, 2.45) is 0 Å².